The molecule has 1 aliphatic carbocycles. The van der Waals surface area contributed by atoms with E-state index >= 15 is 0 Å². The molecule has 1 aliphatic rings. The first kappa shape index (κ1) is 14.8. The van der Waals surface area contributed by atoms with Crippen LogP contribution in [0.1, 0.15) is 38.3 Å². The maximum atomic E-state index is 4.86. The SMILES string of the molecule is CCc1nn(CC2CC[CH]CC2)c(-c2ccccc2)c1Br. The van der Waals surface area contributed by atoms with Gasteiger partial charge in [0.2, 0.25) is 0 Å². The number of nitrogens with zero attached hydrogens (tertiary/aromatic N) is 2. The van der Waals surface area contributed by atoms with E-state index in [4.69, 9.17) is 5.10 Å². The zero-order chi connectivity index (χ0) is 14.7. The molecule has 0 atom stereocenters. The summed E-state index contributed by atoms with van der Waals surface area (Å²) in [5, 5.41) is 4.86. The van der Waals surface area contributed by atoms with Gasteiger partial charge in [-0.1, -0.05) is 37.3 Å². The molecule has 3 heteroatoms. The number of hydrogen-bond donors (Lipinski definition) is 0. The van der Waals surface area contributed by atoms with Crippen molar-refractivity contribution in [1.29, 1.82) is 0 Å². The van der Waals surface area contributed by atoms with Crippen LogP contribution >= 0.6 is 15.9 Å². The fourth-order valence-corrected chi connectivity index (χ4v) is 3.94. The zero-order valence-electron chi connectivity index (χ0n) is 12.6. The number of aromatic nitrogens is 2. The van der Waals surface area contributed by atoms with E-state index < -0.39 is 0 Å². The molecule has 1 fully saturated rings. The van der Waals surface area contributed by atoms with Crippen LogP contribution < -0.4 is 0 Å². The Balaban J connectivity index is 1.95. The van der Waals surface area contributed by atoms with Gasteiger partial charge in [-0.05, 0) is 60.4 Å². The van der Waals surface area contributed by atoms with Crippen molar-refractivity contribution in [2.75, 3.05) is 0 Å². The van der Waals surface area contributed by atoms with Gasteiger partial charge < -0.3 is 0 Å². The summed E-state index contributed by atoms with van der Waals surface area (Å²) in [5.41, 5.74) is 3.65. The van der Waals surface area contributed by atoms with E-state index in [9.17, 15) is 0 Å². The topological polar surface area (TPSA) is 17.8 Å². The van der Waals surface area contributed by atoms with Gasteiger partial charge in [0.25, 0.3) is 0 Å². The van der Waals surface area contributed by atoms with E-state index in [1.54, 1.807) is 0 Å². The second-order valence-electron chi connectivity index (χ2n) is 5.82. The van der Waals surface area contributed by atoms with E-state index in [2.05, 4.69) is 64.3 Å². The second-order valence-corrected chi connectivity index (χ2v) is 6.61. The van der Waals surface area contributed by atoms with Gasteiger partial charge in [0.05, 0.1) is 15.9 Å². The van der Waals surface area contributed by atoms with E-state index in [1.165, 1.54) is 41.4 Å². The molecule has 0 N–H and O–H groups in total. The predicted octanol–water partition coefficient (Wildman–Crippen LogP) is 5.27. The summed E-state index contributed by atoms with van der Waals surface area (Å²) in [6.07, 6.45) is 8.50. The van der Waals surface area contributed by atoms with Crippen LogP contribution in [0.4, 0.5) is 0 Å². The Kier molecular flexibility index (Phi) is 4.79. The zero-order valence-corrected chi connectivity index (χ0v) is 14.1. The van der Waals surface area contributed by atoms with Crippen LogP contribution in [0.3, 0.4) is 0 Å². The average molecular weight is 346 g/mol. The number of halogens is 1. The predicted molar refractivity (Wildman–Crippen MR) is 91.0 cm³/mol. The second kappa shape index (κ2) is 6.78. The lowest BCUT2D eigenvalue weighted by Gasteiger charge is -2.22. The van der Waals surface area contributed by atoms with Crippen LogP contribution in [0, 0.1) is 12.3 Å². The first-order chi connectivity index (χ1) is 10.3. The van der Waals surface area contributed by atoms with Crippen molar-refractivity contribution in [3.05, 3.63) is 46.9 Å². The number of aryl methyl sites for hydroxylation is 1. The van der Waals surface area contributed by atoms with Crippen LogP contribution in [0.25, 0.3) is 11.3 Å². The molecule has 1 saturated carbocycles. The smallest absolute Gasteiger partial charge is 0.0827 e. The Morgan fingerprint density at radius 3 is 2.57 bits per heavy atom. The molecule has 3 rings (SSSR count). The van der Waals surface area contributed by atoms with Crippen molar-refractivity contribution in [1.82, 2.24) is 9.78 Å². The van der Waals surface area contributed by atoms with Gasteiger partial charge in [-0.2, -0.15) is 5.10 Å². The Labute approximate surface area is 135 Å². The number of hydrogen-bond acceptors (Lipinski definition) is 1. The molecular formula is C18H22BrN2. The summed E-state index contributed by atoms with van der Waals surface area (Å²) in [4.78, 5) is 0. The minimum Gasteiger partial charge on any atom is -0.263 e. The van der Waals surface area contributed by atoms with Crippen LogP contribution in [0.5, 0.6) is 0 Å². The molecule has 0 bridgehead atoms. The molecule has 2 nitrogen and oxygen atoms in total. The van der Waals surface area contributed by atoms with Crippen molar-refractivity contribution in [3.63, 3.8) is 0 Å². The van der Waals surface area contributed by atoms with Crippen molar-refractivity contribution in [2.24, 2.45) is 5.92 Å². The van der Waals surface area contributed by atoms with Gasteiger partial charge in [-0.3, -0.25) is 4.68 Å². The summed E-state index contributed by atoms with van der Waals surface area (Å²) in [5.74, 6) is 0.758. The van der Waals surface area contributed by atoms with E-state index in [0.717, 1.165) is 24.6 Å². The standard InChI is InChI=1S/C18H22BrN2/c1-2-16-17(19)18(15-11-7-4-8-12-15)21(20-16)13-14-9-5-3-6-10-14/h3-4,7-8,11-12,14H,2,5-6,9-10,13H2,1H3. The summed E-state index contributed by atoms with van der Waals surface area (Å²) in [6, 6.07) is 10.6. The molecule has 2 aromatic rings. The molecule has 1 aromatic carbocycles. The summed E-state index contributed by atoms with van der Waals surface area (Å²) >= 11 is 3.77. The third kappa shape index (κ3) is 3.23. The van der Waals surface area contributed by atoms with Gasteiger partial charge in [0.1, 0.15) is 0 Å². The van der Waals surface area contributed by atoms with Gasteiger partial charge in [-0.15, -0.1) is 0 Å². The largest absolute Gasteiger partial charge is 0.263 e. The fourth-order valence-electron chi connectivity index (χ4n) is 3.14. The van der Waals surface area contributed by atoms with Crippen molar-refractivity contribution in [3.8, 4) is 11.3 Å². The van der Waals surface area contributed by atoms with E-state index in [-0.39, 0.29) is 0 Å². The summed E-state index contributed by atoms with van der Waals surface area (Å²) in [6.45, 7) is 3.21. The highest BCUT2D eigenvalue weighted by molar-refractivity contribution is 9.10. The lowest BCUT2D eigenvalue weighted by Crippen LogP contribution is -2.16. The molecule has 1 radical (unpaired) electrons. The van der Waals surface area contributed by atoms with Crippen molar-refractivity contribution >= 4 is 15.9 Å². The van der Waals surface area contributed by atoms with Crippen LogP contribution in [-0.4, -0.2) is 9.78 Å². The van der Waals surface area contributed by atoms with E-state index in [0.29, 0.717) is 0 Å². The summed E-state index contributed by atoms with van der Waals surface area (Å²) < 4.78 is 3.40. The monoisotopic (exact) mass is 345 g/mol. The number of rotatable bonds is 4. The van der Waals surface area contributed by atoms with Crippen molar-refractivity contribution < 1.29 is 0 Å². The molecule has 0 unspecified atom stereocenters. The van der Waals surface area contributed by atoms with Crippen LogP contribution in [-0.2, 0) is 13.0 Å². The highest BCUT2D eigenvalue weighted by Gasteiger charge is 2.20. The molecule has 0 saturated heterocycles. The quantitative estimate of drug-likeness (QED) is 0.737. The highest BCUT2D eigenvalue weighted by atomic mass is 79.9. The third-order valence-electron chi connectivity index (χ3n) is 4.33. The maximum Gasteiger partial charge on any atom is 0.0827 e. The Bertz CT molecular complexity index is 583. The lowest BCUT2D eigenvalue weighted by molar-refractivity contribution is 0.341. The van der Waals surface area contributed by atoms with Gasteiger partial charge in [-0.25, -0.2) is 0 Å². The van der Waals surface area contributed by atoms with Gasteiger partial charge >= 0.3 is 0 Å². The Morgan fingerprint density at radius 1 is 1.19 bits per heavy atom. The molecule has 0 amide bonds. The minimum absolute atomic E-state index is 0.758. The lowest BCUT2D eigenvalue weighted by atomic mass is 9.89. The maximum absolute atomic E-state index is 4.86. The molecule has 0 aliphatic heterocycles. The average Bonchev–Trinajstić information content (AvgIpc) is 2.85. The van der Waals surface area contributed by atoms with Crippen LogP contribution in [0.2, 0.25) is 0 Å². The van der Waals surface area contributed by atoms with Gasteiger partial charge in [0, 0.05) is 12.1 Å². The first-order valence-corrected chi connectivity index (χ1v) is 8.71. The van der Waals surface area contributed by atoms with E-state index in [1.807, 2.05) is 0 Å². The minimum atomic E-state index is 0.758. The highest BCUT2D eigenvalue weighted by Crippen LogP contribution is 2.33. The van der Waals surface area contributed by atoms with Crippen LogP contribution in [0.15, 0.2) is 34.8 Å². The molecular weight excluding hydrogens is 324 g/mol. The normalized spacial score (nSPS) is 16.3. The Morgan fingerprint density at radius 2 is 1.90 bits per heavy atom. The third-order valence-corrected chi connectivity index (χ3v) is 5.17. The van der Waals surface area contributed by atoms with Crippen molar-refractivity contribution in [2.45, 2.75) is 45.6 Å². The number of benzene rings is 1. The molecule has 1 heterocycles. The molecule has 21 heavy (non-hydrogen) atoms. The summed E-state index contributed by atoms with van der Waals surface area (Å²) in [7, 11) is 0. The molecule has 0 spiro atoms. The molecule has 111 valence electrons. The first-order valence-electron chi connectivity index (χ1n) is 7.92. The Hall–Kier alpha value is -1.09. The molecule has 1 aromatic heterocycles. The van der Waals surface area contributed by atoms with Gasteiger partial charge in [0.15, 0.2) is 0 Å². The fraction of sp³-hybridized carbons (Fsp3) is 0.444.